The average Bonchev–Trinajstić information content (AvgIpc) is 2.19. The van der Waals surface area contributed by atoms with E-state index < -0.39 is 12.0 Å². The van der Waals surface area contributed by atoms with Crippen LogP contribution in [0.25, 0.3) is 0 Å². The fourth-order valence-electron chi connectivity index (χ4n) is 1.96. The van der Waals surface area contributed by atoms with Crippen molar-refractivity contribution in [2.75, 3.05) is 33.4 Å². The first-order valence-electron chi connectivity index (χ1n) is 5.36. The molecule has 0 aromatic heterocycles. The summed E-state index contributed by atoms with van der Waals surface area (Å²) in [6.07, 6.45) is 2.18. The monoisotopic (exact) mass is 216 g/mol. The number of hydrogen-bond donors (Lipinski definition) is 2. The van der Waals surface area contributed by atoms with E-state index in [0.29, 0.717) is 5.92 Å². The molecule has 0 bridgehead atoms. The van der Waals surface area contributed by atoms with Crippen LogP contribution in [0.5, 0.6) is 0 Å². The van der Waals surface area contributed by atoms with E-state index in [1.807, 2.05) is 4.90 Å². The number of nitrogens with zero attached hydrogens (tertiary/aromatic N) is 1. The van der Waals surface area contributed by atoms with Crippen molar-refractivity contribution in [2.45, 2.75) is 18.9 Å². The molecule has 5 heteroatoms. The van der Waals surface area contributed by atoms with E-state index in [9.17, 15) is 4.79 Å². The third-order valence-corrected chi connectivity index (χ3v) is 2.84. The van der Waals surface area contributed by atoms with Gasteiger partial charge in [0.2, 0.25) is 0 Å². The minimum atomic E-state index is -0.850. The van der Waals surface area contributed by atoms with Gasteiger partial charge in [0.1, 0.15) is 6.04 Å². The molecule has 88 valence electrons. The minimum absolute atomic E-state index is 0.152. The Kier molecular flexibility index (Phi) is 5.01. The number of rotatable bonds is 5. The summed E-state index contributed by atoms with van der Waals surface area (Å²) in [5.41, 5.74) is 5.43. The normalized spacial score (nSPS) is 24.1. The van der Waals surface area contributed by atoms with Gasteiger partial charge in [-0.15, -0.1) is 0 Å². The molecule has 0 aromatic carbocycles. The van der Waals surface area contributed by atoms with Crippen molar-refractivity contribution in [3.63, 3.8) is 0 Å². The summed E-state index contributed by atoms with van der Waals surface area (Å²) in [4.78, 5) is 12.7. The topological polar surface area (TPSA) is 75.8 Å². The van der Waals surface area contributed by atoms with E-state index in [4.69, 9.17) is 15.6 Å². The Bertz CT molecular complexity index is 205. The third-order valence-electron chi connectivity index (χ3n) is 2.84. The molecule has 1 rings (SSSR count). The molecule has 0 aliphatic carbocycles. The SMILES string of the molecule is CN(CC1CCCOC1)C(CN)C(=O)O. The lowest BCUT2D eigenvalue weighted by atomic mass is 10.0. The standard InChI is InChI=1S/C10H20N2O3/c1-12(9(5-11)10(13)14)6-8-3-2-4-15-7-8/h8-9H,2-7,11H2,1H3,(H,13,14). The molecule has 1 aliphatic rings. The van der Waals surface area contributed by atoms with Gasteiger partial charge in [0, 0.05) is 19.7 Å². The van der Waals surface area contributed by atoms with Crippen LogP contribution in [0.1, 0.15) is 12.8 Å². The predicted molar refractivity (Wildman–Crippen MR) is 56.7 cm³/mol. The first kappa shape index (κ1) is 12.4. The number of nitrogens with two attached hydrogens (primary N) is 1. The lowest BCUT2D eigenvalue weighted by Crippen LogP contribution is -2.46. The van der Waals surface area contributed by atoms with Gasteiger partial charge in [-0.1, -0.05) is 0 Å². The van der Waals surface area contributed by atoms with E-state index >= 15 is 0 Å². The second kappa shape index (κ2) is 6.05. The van der Waals surface area contributed by atoms with Gasteiger partial charge in [-0.25, -0.2) is 0 Å². The van der Waals surface area contributed by atoms with Gasteiger partial charge < -0.3 is 15.6 Å². The van der Waals surface area contributed by atoms with Gasteiger partial charge in [-0.3, -0.25) is 9.69 Å². The first-order chi connectivity index (χ1) is 7.15. The lowest BCUT2D eigenvalue weighted by molar-refractivity contribution is -0.142. The number of aliphatic carboxylic acids is 1. The Morgan fingerprint density at radius 3 is 2.93 bits per heavy atom. The lowest BCUT2D eigenvalue weighted by Gasteiger charge is -2.30. The van der Waals surface area contributed by atoms with E-state index in [2.05, 4.69) is 0 Å². The molecule has 1 heterocycles. The summed E-state index contributed by atoms with van der Waals surface area (Å²) in [5, 5.41) is 8.92. The summed E-state index contributed by atoms with van der Waals surface area (Å²) in [5.74, 6) is -0.408. The Morgan fingerprint density at radius 2 is 2.47 bits per heavy atom. The van der Waals surface area contributed by atoms with Gasteiger partial charge in [0.25, 0.3) is 0 Å². The second-order valence-electron chi connectivity index (χ2n) is 4.11. The maximum absolute atomic E-state index is 10.9. The summed E-state index contributed by atoms with van der Waals surface area (Å²) >= 11 is 0. The van der Waals surface area contributed by atoms with E-state index in [1.54, 1.807) is 7.05 Å². The van der Waals surface area contributed by atoms with Crippen LogP contribution in [0.15, 0.2) is 0 Å². The van der Waals surface area contributed by atoms with Crippen molar-refractivity contribution < 1.29 is 14.6 Å². The zero-order chi connectivity index (χ0) is 11.3. The summed E-state index contributed by atoms with van der Waals surface area (Å²) in [7, 11) is 1.81. The van der Waals surface area contributed by atoms with Crippen LogP contribution in [-0.2, 0) is 9.53 Å². The van der Waals surface area contributed by atoms with Gasteiger partial charge in [0.05, 0.1) is 6.61 Å². The van der Waals surface area contributed by atoms with Crippen LogP contribution >= 0.6 is 0 Å². The predicted octanol–water partition coefficient (Wildman–Crippen LogP) is -0.243. The molecule has 0 saturated carbocycles. The highest BCUT2D eigenvalue weighted by Gasteiger charge is 2.24. The molecule has 0 aromatic rings. The highest BCUT2D eigenvalue weighted by Crippen LogP contribution is 2.15. The third kappa shape index (κ3) is 3.77. The summed E-state index contributed by atoms with van der Waals surface area (Å²) in [6.45, 7) is 2.47. The van der Waals surface area contributed by atoms with Crippen LogP contribution in [0.4, 0.5) is 0 Å². The zero-order valence-corrected chi connectivity index (χ0v) is 9.19. The highest BCUT2D eigenvalue weighted by atomic mass is 16.5. The van der Waals surface area contributed by atoms with Crippen molar-refractivity contribution in [2.24, 2.45) is 11.7 Å². The van der Waals surface area contributed by atoms with Gasteiger partial charge in [-0.05, 0) is 25.8 Å². The van der Waals surface area contributed by atoms with Gasteiger partial charge in [0.15, 0.2) is 0 Å². The number of carbonyl (C=O) groups is 1. The largest absolute Gasteiger partial charge is 0.480 e. The first-order valence-corrected chi connectivity index (χ1v) is 5.36. The zero-order valence-electron chi connectivity index (χ0n) is 9.19. The Balaban J connectivity index is 2.38. The van der Waals surface area contributed by atoms with Crippen molar-refractivity contribution >= 4 is 5.97 Å². The fourth-order valence-corrected chi connectivity index (χ4v) is 1.96. The molecule has 0 radical (unpaired) electrons. The second-order valence-corrected chi connectivity index (χ2v) is 4.11. The number of likely N-dealkylation sites (N-methyl/N-ethyl adjacent to an activating group) is 1. The van der Waals surface area contributed by atoms with E-state index in [1.165, 1.54) is 0 Å². The quantitative estimate of drug-likeness (QED) is 0.663. The molecular formula is C10H20N2O3. The average molecular weight is 216 g/mol. The van der Waals surface area contributed by atoms with Crippen LogP contribution in [0.3, 0.4) is 0 Å². The maximum atomic E-state index is 10.9. The Hall–Kier alpha value is -0.650. The molecule has 1 fully saturated rings. The number of hydrogen-bond acceptors (Lipinski definition) is 4. The van der Waals surface area contributed by atoms with Crippen molar-refractivity contribution in [3.8, 4) is 0 Å². The molecule has 0 spiro atoms. The molecule has 2 unspecified atom stereocenters. The molecule has 3 N–H and O–H groups in total. The maximum Gasteiger partial charge on any atom is 0.322 e. The van der Waals surface area contributed by atoms with E-state index in [0.717, 1.165) is 32.6 Å². The fraction of sp³-hybridized carbons (Fsp3) is 0.900. The van der Waals surface area contributed by atoms with Crippen LogP contribution in [0.2, 0.25) is 0 Å². The molecule has 0 amide bonds. The Morgan fingerprint density at radius 1 is 1.73 bits per heavy atom. The highest BCUT2D eigenvalue weighted by molar-refractivity contribution is 5.73. The van der Waals surface area contributed by atoms with Gasteiger partial charge >= 0.3 is 5.97 Å². The molecule has 1 aliphatic heterocycles. The molecule has 2 atom stereocenters. The molecule has 5 nitrogen and oxygen atoms in total. The van der Waals surface area contributed by atoms with Crippen LogP contribution in [0, 0.1) is 5.92 Å². The van der Waals surface area contributed by atoms with Gasteiger partial charge in [-0.2, -0.15) is 0 Å². The number of carboxylic acids is 1. The summed E-state index contributed by atoms with van der Waals surface area (Å²) < 4.78 is 5.35. The van der Waals surface area contributed by atoms with Crippen LogP contribution < -0.4 is 5.73 Å². The minimum Gasteiger partial charge on any atom is -0.480 e. The molecule has 15 heavy (non-hydrogen) atoms. The summed E-state index contributed by atoms with van der Waals surface area (Å²) in [6, 6.07) is -0.577. The van der Waals surface area contributed by atoms with E-state index in [-0.39, 0.29) is 6.54 Å². The van der Waals surface area contributed by atoms with Crippen molar-refractivity contribution in [1.29, 1.82) is 0 Å². The Labute approximate surface area is 90.2 Å². The number of ether oxygens (including phenoxy) is 1. The number of carboxylic acid groups (broad SMARTS) is 1. The smallest absolute Gasteiger partial charge is 0.322 e. The molecule has 1 saturated heterocycles. The van der Waals surface area contributed by atoms with Crippen molar-refractivity contribution in [3.05, 3.63) is 0 Å². The van der Waals surface area contributed by atoms with Crippen LogP contribution in [-0.4, -0.2) is 55.4 Å². The van der Waals surface area contributed by atoms with Crippen molar-refractivity contribution in [1.82, 2.24) is 4.90 Å². The molecular weight excluding hydrogens is 196 g/mol.